The van der Waals surface area contributed by atoms with Crippen molar-refractivity contribution in [1.82, 2.24) is 0 Å². The Balaban J connectivity index is 1.83. The number of nitrogens with one attached hydrogen (secondary N) is 1. The van der Waals surface area contributed by atoms with Crippen LogP contribution in [0.3, 0.4) is 0 Å². The molecule has 0 bridgehead atoms. The Labute approximate surface area is 140 Å². The Bertz CT molecular complexity index is 654. The van der Waals surface area contributed by atoms with Gasteiger partial charge in [-0.2, -0.15) is 0 Å². The van der Waals surface area contributed by atoms with Crippen LogP contribution in [0.25, 0.3) is 0 Å². The smallest absolute Gasteiger partial charge is 0.122 e. The van der Waals surface area contributed by atoms with Gasteiger partial charge in [0.25, 0.3) is 0 Å². The number of hydrogen-bond donors (Lipinski definition) is 1. The number of hydrogen-bond acceptors (Lipinski definition) is 2. The molecule has 3 rings (SSSR count). The molecule has 2 nitrogen and oxygen atoms in total. The predicted octanol–water partition coefficient (Wildman–Crippen LogP) is 5.10. The maximum Gasteiger partial charge on any atom is 0.122 e. The monoisotopic (exact) mass is 393 g/mol. The van der Waals surface area contributed by atoms with Crippen LogP contribution in [0, 0.1) is 10.5 Å². The Hall–Kier alpha value is -1.23. The van der Waals surface area contributed by atoms with Crippen molar-refractivity contribution in [3.63, 3.8) is 0 Å². The van der Waals surface area contributed by atoms with Gasteiger partial charge < -0.3 is 10.1 Å². The third-order valence-corrected chi connectivity index (χ3v) is 5.20. The van der Waals surface area contributed by atoms with Crippen molar-refractivity contribution in [2.45, 2.75) is 32.7 Å². The van der Waals surface area contributed by atoms with E-state index < -0.39 is 0 Å². The van der Waals surface area contributed by atoms with Crippen LogP contribution in [-0.2, 0) is 6.42 Å². The fourth-order valence-electron chi connectivity index (χ4n) is 2.73. The molecule has 3 heteroatoms. The van der Waals surface area contributed by atoms with Crippen LogP contribution in [0.1, 0.15) is 36.1 Å². The first-order valence-corrected chi connectivity index (χ1v) is 8.53. The second-order valence-electron chi connectivity index (χ2n) is 5.53. The molecule has 0 spiro atoms. The van der Waals surface area contributed by atoms with E-state index in [2.05, 4.69) is 78.2 Å². The maximum atomic E-state index is 5.59. The van der Waals surface area contributed by atoms with Crippen LogP contribution in [0.4, 0.5) is 5.69 Å². The standard InChI is InChI=1S/C18H20INO/c1-3-17(20-15-6-4-12(2)16(19)11-15)13-5-7-18-14(10-13)8-9-21-18/h4-7,10-11,17,20H,3,8-9H2,1-2H3. The van der Waals surface area contributed by atoms with Crippen LogP contribution in [0.5, 0.6) is 5.75 Å². The number of anilines is 1. The molecule has 1 unspecified atom stereocenters. The van der Waals surface area contributed by atoms with Gasteiger partial charge >= 0.3 is 0 Å². The summed E-state index contributed by atoms with van der Waals surface area (Å²) in [6, 6.07) is 13.5. The molecule has 0 saturated carbocycles. The van der Waals surface area contributed by atoms with Gasteiger partial charge in [0.1, 0.15) is 5.75 Å². The van der Waals surface area contributed by atoms with Gasteiger partial charge in [0, 0.05) is 15.7 Å². The first-order valence-electron chi connectivity index (χ1n) is 7.45. The van der Waals surface area contributed by atoms with Gasteiger partial charge in [0.15, 0.2) is 0 Å². The minimum atomic E-state index is 0.342. The van der Waals surface area contributed by atoms with Gasteiger partial charge in [0.2, 0.25) is 0 Å². The van der Waals surface area contributed by atoms with E-state index in [4.69, 9.17) is 4.74 Å². The van der Waals surface area contributed by atoms with Crippen LogP contribution in [-0.4, -0.2) is 6.61 Å². The van der Waals surface area contributed by atoms with E-state index in [1.807, 2.05) is 0 Å². The molecule has 0 saturated heterocycles. The molecule has 1 aliphatic rings. The molecule has 2 aromatic rings. The van der Waals surface area contributed by atoms with E-state index in [1.165, 1.54) is 25.9 Å². The Kier molecular flexibility index (Phi) is 4.38. The highest BCUT2D eigenvalue weighted by molar-refractivity contribution is 14.1. The zero-order valence-electron chi connectivity index (χ0n) is 12.4. The third kappa shape index (κ3) is 3.18. The summed E-state index contributed by atoms with van der Waals surface area (Å²) >= 11 is 2.39. The minimum absolute atomic E-state index is 0.342. The molecule has 0 radical (unpaired) electrons. The highest BCUT2D eigenvalue weighted by Gasteiger charge is 2.16. The molecule has 1 heterocycles. The fourth-order valence-corrected chi connectivity index (χ4v) is 3.24. The maximum absolute atomic E-state index is 5.59. The molecular formula is C18H20INO. The third-order valence-electron chi connectivity index (χ3n) is 4.04. The Morgan fingerprint density at radius 2 is 2.10 bits per heavy atom. The number of halogens is 1. The topological polar surface area (TPSA) is 21.3 Å². The number of benzene rings is 2. The molecule has 0 fully saturated rings. The summed E-state index contributed by atoms with van der Waals surface area (Å²) in [5, 5.41) is 3.66. The summed E-state index contributed by atoms with van der Waals surface area (Å²) in [6.07, 6.45) is 2.09. The van der Waals surface area contributed by atoms with Crippen molar-refractivity contribution in [2.75, 3.05) is 11.9 Å². The molecule has 1 atom stereocenters. The molecular weight excluding hydrogens is 373 g/mol. The normalized spacial score (nSPS) is 14.4. The van der Waals surface area contributed by atoms with Crippen molar-refractivity contribution in [3.05, 3.63) is 56.7 Å². The second kappa shape index (κ2) is 6.26. The lowest BCUT2D eigenvalue weighted by molar-refractivity contribution is 0.357. The largest absolute Gasteiger partial charge is 0.493 e. The molecule has 2 aromatic carbocycles. The number of aryl methyl sites for hydroxylation is 1. The van der Waals surface area contributed by atoms with Crippen molar-refractivity contribution in [3.8, 4) is 5.75 Å². The summed E-state index contributed by atoms with van der Waals surface area (Å²) in [4.78, 5) is 0. The summed E-state index contributed by atoms with van der Waals surface area (Å²) in [5.74, 6) is 1.05. The first kappa shape index (κ1) is 14.7. The number of rotatable bonds is 4. The van der Waals surface area contributed by atoms with E-state index in [0.717, 1.165) is 25.2 Å². The lowest BCUT2D eigenvalue weighted by Gasteiger charge is -2.20. The summed E-state index contributed by atoms with van der Waals surface area (Å²) in [5.41, 5.74) is 5.20. The highest BCUT2D eigenvalue weighted by Crippen LogP contribution is 2.31. The fraction of sp³-hybridized carbons (Fsp3) is 0.333. The van der Waals surface area contributed by atoms with Crippen LogP contribution >= 0.6 is 22.6 Å². The molecule has 0 aliphatic carbocycles. The molecule has 0 aromatic heterocycles. The van der Waals surface area contributed by atoms with E-state index in [-0.39, 0.29) is 0 Å². The minimum Gasteiger partial charge on any atom is -0.493 e. The van der Waals surface area contributed by atoms with Gasteiger partial charge in [-0.1, -0.05) is 19.1 Å². The SMILES string of the molecule is CCC(Nc1ccc(C)c(I)c1)c1ccc2c(c1)CCO2. The Morgan fingerprint density at radius 3 is 2.86 bits per heavy atom. The van der Waals surface area contributed by atoms with Crippen molar-refractivity contribution < 1.29 is 4.74 Å². The summed E-state index contributed by atoms with van der Waals surface area (Å²) < 4.78 is 6.89. The lowest BCUT2D eigenvalue weighted by atomic mass is 10.0. The number of fused-ring (bicyclic) bond motifs is 1. The zero-order chi connectivity index (χ0) is 14.8. The van der Waals surface area contributed by atoms with Crippen molar-refractivity contribution in [1.29, 1.82) is 0 Å². The zero-order valence-corrected chi connectivity index (χ0v) is 14.6. The van der Waals surface area contributed by atoms with Crippen LogP contribution in [0.2, 0.25) is 0 Å². The quantitative estimate of drug-likeness (QED) is 0.730. The molecule has 0 amide bonds. The van der Waals surface area contributed by atoms with E-state index in [0.29, 0.717) is 6.04 Å². The van der Waals surface area contributed by atoms with Gasteiger partial charge in [-0.15, -0.1) is 0 Å². The average Bonchev–Trinajstić information content (AvgIpc) is 2.95. The van der Waals surface area contributed by atoms with Gasteiger partial charge in [-0.3, -0.25) is 0 Å². The molecule has 21 heavy (non-hydrogen) atoms. The van der Waals surface area contributed by atoms with Crippen LogP contribution < -0.4 is 10.1 Å². The van der Waals surface area contributed by atoms with Gasteiger partial charge in [0.05, 0.1) is 12.6 Å². The van der Waals surface area contributed by atoms with Crippen molar-refractivity contribution in [2.24, 2.45) is 0 Å². The molecule has 1 N–H and O–H groups in total. The van der Waals surface area contributed by atoms with Crippen molar-refractivity contribution >= 4 is 28.3 Å². The molecule has 110 valence electrons. The van der Waals surface area contributed by atoms with E-state index in [9.17, 15) is 0 Å². The Morgan fingerprint density at radius 1 is 1.24 bits per heavy atom. The van der Waals surface area contributed by atoms with E-state index >= 15 is 0 Å². The van der Waals surface area contributed by atoms with E-state index in [1.54, 1.807) is 0 Å². The predicted molar refractivity (Wildman–Crippen MR) is 96.2 cm³/mol. The van der Waals surface area contributed by atoms with Gasteiger partial charge in [-0.05, 0) is 76.9 Å². The second-order valence-corrected chi connectivity index (χ2v) is 6.70. The van der Waals surface area contributed by atoms with Crippen LogP contribution in [0.15, 0.2) is 36.4 Å². The first-order chi connectivity index (χ1) is 10.2. The number of ether oxygens (including phenoxy) is 1. The average molecular weight is 393 g/mol. The highest BCUT2D eigenvalue weighted by atomic mass is 127. The molecule has 1 aliphatic heterocycles. The summed E-state index contributed by atoms with van der Waals surface area (Å²) in [7, 11) is 0. The summed E-state index contributed by atoms with van der Waals surface area (Å²) in [6.45, 7) is 5.18. The van der Waals surface area contributed by atoms with Gasteiger partial charge in [-0.25, -0.2) is 0 Å². The lowest BCUT2D eigenvalue weighted by Crippen LogP contribution is -2.10.